The number of carbonyl (C=O) groups is 3. The van der Waals surface area contributed by atoms with Crippen LogP contribution in [0.3, 0.4) is 0 Å². The van der Waals surface area contributed by atoms with Gasteiger partial charge in [0.25, 0.3) is 0 Å². The molecule has 0 spiro atoms. The number of rotatable bonds is 11. The quantitative estimate of drug-likeness (QED) is 0.561. The first-order valence-corrected chi connectivity index (χ1v) is 11.1. The van der Waals surface area contributed by atoms with E-state index in [1.165, 1.54) is 11.1 Å². The van der Waals surface area contributed by atoms with Crippen molar-refractivity contribution in [1.82, 2.24) is 10.2 Å². The van der Waals surface area contributed by atoms with Crippen LogP contribution < -0.4 is 5.32 Å². The molecule has 0 bridgehead atoms. The molecule has 0 aliphatic carbocycles. The zero-order valence-electron chi connectivity index (χ0n) is 18.2. The summed E-state index contributed by atoms with van der Waals surface area (Å²) in [6.45, 7) is 1.47. The van der Waals surface area contributed by atoms with Crippen LogP contribution in [0.5, 0.6) is 0 Å². The van der Waals surface area contributed by atoms with Crippen molar-refractivity contribution in [2.75, 3.05) is 13.6 Å². The first-order valence-electron chi connectivity index (χ1n) is 11.1. The second-order valence-electron chi connectivity index (χ2n) is 8.53. The Labute approximate surface area is 184 Å². The van der Waals surface area contributed by atoms with Gasteiger partial charge in [-0.15, -0.1) is 0 Å². The summed E-state index contributed by atoms with van der Waals surface area (Å²) >= 11 is 0. The summed E-state index contributed by atoms with van der Waals surface area (Å²) in [5.74, 6) is 0.629. The third kappa shape index (κ3) is 6.42. The fraction of sp³-hybridized carbons (Fsp3) is 0.423. The molecule has 1 saturated heterocycles. The molecule has 2 aromatic carbocycles. The lowest BCUT2D eigenvalue weighted by molar-refractivity contribution is -0.113. The number of hydrogen-bond donors (Lipinski definition) is 1. The average molecular weight is 421 g/mol. The van der Waals surface area contributed by atoms with Gasteiger partial charge in [-0.05, 0) is 61.9 Å². The van der Waals surface area contributed by atoms with E-state index >= 15 is 0 Å². The lowest BCUT2D eigenvalue weighted by Gasteiger charge is -2.31. The summed E-state index contributed by atoms with van der Waals surface area (Å²) in [6, 6.07) is 16.6. The standard InChI is InChI=1S/C26H32N2O3/c1-28(25(19-31)8-5-13-29)17-24-15-22(10-11-23(24)18-30)26-12-9-21(16-27-26)14-20-6-3-2-4-7-20/h2-4,6-7,10-11,13,15,18-19,21,25-27H,5,8-9,12,14,16-17H2,1H3. The number of nitrogens with one attached hydrogen (secondary N) is 1. The Kier molecular flexibility index (Phi) is 8.68. The highest BCUT2D eigenvalue weighted by Gasteiger charge is 2.23. The van der Waals surface area contributed by atoms with Crippen molar-refractivity contribution in [3.63, 3.8) is 0 Å². The summed E-state index contributed by atoms with van der Waals surface area (Å²) in [7, 11) is 1.86. The monoisotopic (exact) mass is 420 g/mol. The van der Waals surface area contributed by atoms with Gasteiger partial charge in [-0.2, -0.15) is 0 Å². The molecule has 1 fully saturated rings. The van der Waals surface area contributed by atoms with Crippen LogP contribution in [0.25, 0.3) is 0 Å². The summed E-state index contributed by atoms with van der Waals surface area (Å²) < 4.78 is 0. The van der Waals surface area contributed by atoms with Crippen LogP contribution in [0, 0.1) is 5.92 Å². The smallest absolute Gasteiger partial charge is 0.150 e. The number of carbonyl (C=O) groups excluding carboxylic acids is 3. The van der Waals surface area contributed by atoms with Crippen LogP contribution in [0.2, 0.25) is 0 Å². The molecule has 1 aliphatic heterocycles. The van der Waals surface area contributed by atoms with Crippen molar-refractivity contribution >= 4 is 18.9 Å². The first kappa shape index (κ1) is 23.0. The van der Waals surface area contributed by atoms with Crippen molar-refractivity contribution in [3.8, 4) is 0 Å². The Morgan fingerprint density at radius 3 is 2.55 bits per heavy atom. The van der Waals surface area contributed by atoms with E-state index in [1.54, 1.807) is 0 Å². The number of piperidine rings is 1. The summed E-state index contributed by atoms with van der Waals surface area (Å²) in [5.41, 5.74) is 4.13. The zero-order valence-corrected chi connectivity index (χ0v) is 18.2. The molecular formula is C26H32N2O3. The van der Waals surface area contributed by atoms with E-state index in [4.69, 9.17) is 0 Å². The molecule has 0 radical (unpaired) electrons. The highest BCUT2D eigenvalue weighted by molar-refractivity contribution is 5.77. The molecule has 5 heteroatoms. The predicted octanol–water partition coefficient (Wildman–Crippen LogP) is 3.76. The van der Waals surface area contributed by atoms with Crippen molar-refractivity contribution < 1.29 is 14.4 Å². The van der Waals surface area contributed by atoms with E-state index in [0.717, 1.165) is 50.2 Å². The van der Waals surface area contributed by atoms with Gasteiger partial charge in [0.2, 0.25) is 0 Å². The van der Waals surface area contributed by atoms with E-state index in [9.17, 15) is 14.4 Å². The first-order chi connectivity index (χ1) is 15.1. The zero-order chi connectivity index (χ0) is 22.1. The van der Waals surface area contributed by atoms with Crippen LogP contribution >= 0.6 is 0 Å². The van der Waals surface area contributed by atoms with E-state index in [-0.39, 0.29) is 12.1 Å². The van der Waals surface area contributed by atoms with Crippen LogP contribution in [0.1, 0.15) is 58.8 Å². The third-order valence-electron chi connectivity index (χ3n) is 6.30. The SMILES string of the molecule is CN(Cc1cc(C2CCC(Cc3ccccc3)CN2)ccc1C=O)C(C=O)CCC=O. The van der Waals surface area contributed by atoms with Gasteiger partial charge < -0.3 is 14.9 Å². The van der Waals surface area contributed by atoms with Crippen LogP contribution in [0.15, 0.2) is 48.5 Å². The maximum atomic E-state index is 11.6. The number of hydrogen-bond acceptors (Lipinski definition) is 5. The molecule has 0 saturated carbocycles. The molecule has 3 rings (SSSR count). The Morgan fingerprint density at radius 1 is 1.10 bits per heavy atom. The minimum atomic E-state index is -0.333. The molecule has 5 nitrogen and oxygen atoms in total. The van der Waals surface area contributed by atoms with Gasteiger partial charge in [0, 0.05) is 24.6 Å². The van der Waals surface area contributed by atoms with Gasteiger partial charge in [0.1, 0.15) is 18.9 Å². The lowest BCUT2D eigenvalue weighted by atomic mass is 9.86. The van der Waals surface area contributed by atoms with Gasteiger partial charge in [-0.1, -0.05) is 48.5 Å². The molecule has 3 unspecified atom stereocenters. The minimum absolute atomic E-state index is 0.272. The average Bonchev–Trinajstić information content (AvgIpc) is 2.81. The van der Waals surface area contributed by atoms with Crippen molar-refractivity contribution in [2.45, 2.75) is 50.7 Å². The largest absolute Gasteiger partial charge is 0.310 e. The van der Waals surface area contributed by atoms with Gasteiger partial charge in [0.15, 0.2) is 0 Å². The Hall–Kier alpha value is -2.63. The van der Waals surface area contributed by atoms with E-state index in [1.807, 2.05) is 24.1 Å². The van der Waals surface area contributed by atoms with Gasteiger partial charge in [-0.25, -0.2) is 0 Å². The van der Waals surface area contributed by atoms with E-state index in [2.05, 4.69) is 41.7 Å². The predicted molar refractivity (Wildman–Crippen MR) is 122 cm³/mol. The second-order valence-corrected chi connectivity index (χ2v) is 8.53. The number of nitrogens with zero attached hydrogens (tertiary/aromatic N) is 1. The fourth-order valence-electron chi connectivity index (χ4n) is 4.43. The summed E-state index contributed by atoms with van der Waals surface area (Å²) in [4.78, 5) is 35.6. The Bertz CT molecular complexity index is 860. The number of likely N-dealkylation sites (N-methyl/N-ethyl adjacent to an activating group) is 1. The maximum Gasteiger partial charge on any atom is 0.150 e. The van der Waals surface area contributed by atoms with Crippen molar-refractivity contribution in [1.29, 1.82) is 0 Å². The highest BCUT2D eigenvalue weighted by atomic mass is 16.1. The summed E-state index contributed by atoms with van der Waals surface area (Å²) in [5, 5.41) is 3.69. The van der Waals surface area contributed by atoms with Crippen LogP contribution in [0.4, 0.5) is 0 Å². The molecule has 2 aromatic rings. The van der Waals surface area contributed by atoms with E-state index in [0.29, 0.717) is 30.9 Å². The van der Waals surface area contributed by atoms with Gasteiger partial charge >= 0.3 is 0 Å². The maximum absolute atomic E-state index is 11.6. The molecule has 31 heavy (non-hydrogen) atoms. The number of aldehydes is 3. The molecule has 1 aliphatic rings. The normalized spacial score (nSPS) is 19.7. The summed E-state index contributed by atoms with van der Waals surface area (Å²) in [6.07, 6.45) is 6.74. The van der Waals surface area contributed by atoms with Crippen molar-refractivity contribution in [3.05, 3.63) is 70.8 Å². The fourth-order valence-corrected chi connectivity index (χ4v) is 4.43. The molecular weight excluding hydrogens is 388 g/mol. The topological polar surface area (TPSA) is 66.5 Å². The van der Waals surface area contributed by atoms with Gasteiger partial charge in [-0.3, -0.25) is 9.69 Å². The van der Waals surface area contributed by atoms with Crippen LogP contribution in [-0.2, 0) is 22.6 Å². The third-order valence-corrected chi connectivity index (χ3v) is 6.30. The number of benzene rings is 2. The molecule has 164 valence electrons. The Balaban J connectivity index is 1.64. The molecule has 0 aromatic heterocycles. The second kappa shape index (κ2) is 11.7. The molecule has 3 atom stereocenters. The lowest BCUT2D eigenvalue weighted by Crippen LogP contribution is -2.34. The van der Waals surface area contributed by atoms with E-state index < -0.39 is 0 Å². The highest BCUT2D eigenvalue weighted by Crippen LogP contribution is 2.29. The molecule has 0 amide bonds. The molecule has 1 N–H and O–H groups in total. The van der Waals surface area contributed by atoms with Gasteiger partial charge in [0.05, 0.1) is 6.04 Å². The van der Waals surface area contributed by atoms with Crippen molar-refractivity contribution in [2.24, 2.45) is 5.92 Å². The molecule has 1 heterocycles. The van der Waals surface area contributed by atoms with Crippen LogP contribution in [-0.4, -0.2) is 43.4 Å². The minimum Gasteiger partial charge on any atom is -0.310 e. The Morgan fingerprint density at radius 2 is 1.90 bits per heavy atom.